The van der Waals surface area contributed by atoms with Crippen molar-refractivity contribution in [3.63, 3.8) is 0 Å². The minimum atomic E-state index is -1.07. The summed E-state index contributed by atoms with van der Waals surface area (Å²) in [6.45, 7) is 5.77. The molecule has 3 amide bonds. The Hall–Kier alpha value is -3.68. The SMILES string of the molecule is Cc1ccc(CN(Cc2ccccc2)C(=O)CN(C(=O)Nc2ccc(F)c(F)c2)C(C)C)o1. The minimum Gasteiger partial charge on any atom is -0.464 e. The highest BCUT2D eigenvalue weighted by molar-refractivity contribution is 5.92. The maximum Gasteiger partial charge on any atom is 0.322 e. The molecule has 8 heteroatoms. The molecule has 0 aliphatic heterocycles. The number of carbonyl (C=O) groups excluding carboxylic acids is 2. The van der Waals surface area contributed by atoms with Gasteiger partial charge in [-0.2, -0.15) is 0 Å². The van der Waals surface area contributed by atoms with Crippen molar-refractivity contribution in [2.24, 2.45) is 0 Å². The van der Waals surface area contributed by atoms with Crippen LogP contribution in [-0.2, 0) is 17.9 Å². The van der Waals surface area contributed by atoms with Crippen LogP contribution in [0.15, 0.2) is 65.1 Å². The maximum absolute atomic E-state index is 13.5. The van der Waals surface area contributed by atoms with E-state index >= 15 is 0 Å². The lowest BCUT2D eigenvalue weighted by molar-refractivity contribution is -0.133. The first kappa shape index (κ1) is 24.0. The van der Waals surface area contributed by atoms with Crippen LogP contribution >= 0.6 is 0 Å². The fourth-order valence-corrected chi connectivity index (χ4v) is 3.30. The molecule has 0 aliphatic carbocycles. The molecule has 2 aromatic carbocycles. The zero-order valence-corrected chi connectivity index (χ0v) is 18.8. The van der Waals surface area contributed by atoms with Crippen LogP contribution in [0, 0.1) is 18.6 Å². The number of anilines is 1. The first-order chi connectivity index (χ1) is 15.7. The van der Waals surface area contributed by atoms with Crippen LogP contribution in [0.3, 0.4) is 0 Å². The van der Waals surface area contributed by atoms with E-state index in [9.17, 15) is 18.4 Å². The third-order valence-electron chi connectivity index (χ3n) is 5.07. The van der Waals surface area contributed by atoms with Crippen molar-refractivity contribution in [1.82, 2.24) is 9.80 Å². The normalized spacial score (nSPS) is 10.8. The lowest BCUT2D eigenvalue weighted by Crippen LogP contribution is -2.47. The zero-order chi connectivity index (χ0) is 24.0. The molecule has 1 aromatic heterocycles. The molecule has 0 fully saturated rings. The van der Waals surface area contributed by atoms with Gasteiger partial charge in [0, 0.05) is 24.3 Å². The number of nitrogens with zero attached hydrogens (tertiary/aromatic N) is 2. The molecular formula is C25H27F2N3O3. The van der Waals surface area contributed by atoms with Gasteiger partial charge in [0.15, 0.2) is 11.6 Å². The Labute approximate surface area is 191 Å². The molecule has 0 spiro atoms. The van der Waals surface area contributed by atoms with Crippen LogP contribution < -0.4 is 5.32 Å². The third-order valence-corrected chi connectivity index (χ3v) is 5.07. The van der Waals surface area contributed by atoms with Crippen molar-refractivity contribution in [2.45, 2.75) is 39.9 Å². The average Bonchev–Trinajstić information content (AvgIpc) is 3.19. The van der Waals surface area contributed by atoms with E-state index in [0.717, 1.165) is 23.5 Å². The molecule has 0 aliphatic rings. The van der Waals surface area contributed by atoms with E-state index in [4.69, 9.17) is 4.42 Å². The highest BCUT2D eigenvalue weighted by Crippen LogP contribution is 2.16. The van der Waals surface area contributed by atoms with E-state index in [0.29, 0.717) is 12.3 Å². The lowest BCUT2D eigenvalue weighted by atomic mass is 10.2. The number of halogens is 2. The average molecular weight is 456 g/mol. The number of benzene rings is 2. The monoisotopic (exact) mass is 455 g/mol. The van der Waals surface area contributed by atoms with Gasteiger partial charge in [-0.05, 0) is 50.6 Å². The van der Waals surface area contributed by atoms with Gasteiger partial charge in [0.2, 0.25) is 5.91 Å². The number of furan rings is 1. The van der Waals surface area contributed by atoms with Gasteiger partial charge >= 0.3 is 6.03 Å². The Kier molecular flexibility index (Phi) is 7.82. The van der Waals surface area contributed by atoms with Gasteiger partial charge in [0.25, 0.3) is 0 Å². The molecule has 1 N–H and O–H groups in total. The number of hydrogen-bond acceptors (Lipinski definition) is 3. The first-order valence-corrected chi connectivity index (χ1v) is 10.6. The number of urea groups is 1. The Morgan fingerprint density at radius 2 is 1.70 bits per heavy atom. The van der Waals surface area contributed by atoms with Gasteiger partial charge in [-0.1, -0.05) is 30.3 Å². The van der Waals surface area contributed by atoms with Gasteiger partial charge in [0.05, 0.1) is 6.54 Å². The van der Waals surface area contributed by atoms with Crippen molar-refractivity contribution in [3.8, 4) is 0 Å². The summed E-state index contributed by atoms with van der Waals surface area (Å²) in [7, 11) is 0. The Balaban J connectivity index is 1.75. The highest BCUT2D eigenvalue weighted by Gasteiger charge is 2.25. The summed E-state index contributed by atoms with van der Waals surface area (Å²) < 4.78 is 32.3. The van der Waals surface area contributed by atoms with Crippen molar-refractivity contribution in [2.75, 3.05) is 11.9 Å². The molecule has 0 unspecified atom stereocenters. The highest BCUT2D eigenvalue weighted by atomic mass is 19.2. The largest absolute Gasteiger partial charge is 0.464 e. The van der Waals surface area contributed by atoms with Gasteiger partial charge in [-0.3, -0.25) is 4.79 Å². The Morgan fingerprint density at radius 1 is 0.970 bits per heavy atom. The first-order valence-electron chi connectivity index (χ1n) is 10.6. The summed E-state index contributed by atoms with van der Waals surface area (Å²) in [5.74, 6) is -0.968. The van der Waals surface area contributed by atoms with E-state index < -0.39 is 17.7 Å². The molecule has 0 radical (unpaired) electrons. The predicted molar refractivity (Wildman–Crippen MR) is 121 cm³/mol. The molecule has 0 saturated heterocycles. The van der Waals surface area contributed by atoms with Crippen LogP contribution in [0.4, 0.5) is 19.3 Å². The standard InChI is InChI=1S/C25H27F2N3O3/c1-17(2)30(25(32)28-20-10-12-22(26)23(27)13-20)16-24(31)29(14-19-7-5-4-6-8-19)15-21-11-9-18(3)33-21/h4-13,17H,14-16H2,1-3H3,(H,28,32). The molecule has 33 heavy (non-hydrogen) atoms. The number of hydrogen-bond donors (Lipinski definition) is 1. The molecule has 0 saturated carbocycles. The Morgan fingerprint density at radius 3 is 2.30 bits per heavy atom. The molecule has 6 nitrogen and oxygen atoms in total. The van der Waals surface area contributed by atoms with Crippen molar-refractivity contribution >= 4 is 17.6 Å². The molecule has 0 bridgehead atoms. The Bertz CT molecular complexity index is 1100. The minimum absolute atomic E-state index is 0.101. The fraction of sp³-hybridized carbons (Fsp3) is 0.280. The zero-order valence-electron chi connectivity index (χ0n) is 18.8. The second-order valence-corrected chi connectivity index (χ2v) is 8.03. The maximum atomic E-state index is 13.5. The smallest absolute Gasteiger partial charge is 0.322 e. The molecule has 1 heterocycles. The van der Waals surface area contributed by atoms with Crippen LogP contribution in [0.1, 0.15) is 30.9 Å². The molecule has 174 valence electrons. The molecular weight excluding hydrogens is 428 g/mol. The quantitative estimate of drug-likeness (QED) is 0.499. The number of aryl methyl sites for hydroxylation is 1. The summed E-state index contributed by atoms with van der Waals surface area (Å²) in [6, 6.07) is 15.4. The van der Waals surface area contributed by atoms with Gasteiger partial charge in [-0.15, -0.1) is 0 Å². The molecule has 3 aromatic rings. The van der Waals surface area contributed by atoms with E-state index in [1.807, 2.05) is 49.4 Å². The van der Waals surface area contributed by atoms with Gasteiger partial charge < -0.3 is 19.5 Å². The third kappa shape index (κ3) is 6.65. The lowest BCUT2D eigenvalue weighted by Gasteiger charge is -2.30. The second kappa shape index (κ2) is 10.8. The number of amides is 3. The summed E-state index contributed by atoms with van der Waals surface area (Å²) >= 11 is 0. The summed E-state index contributed by atoms with van der Waals surface area (Å²) in [4.78, 5) is 29.1. The van der Waals surface area contributed by atoms with E-state index in [1.165, 1.54) is 11.0 Å². The van der Waals surface area contributed by atoms with Gasteiger partial charge in [-0.25, -0.2) is 13.6 Å². The number of nitrogens with one attached hydrogen (secondary N) is 1. The number of carbonyl (C=O) groups is 2. The summed E-state index contributed by atoms with van der Waals surface area (Å²) in [5, 5.41) is 2.53. The predicted octanol–water partition coefficient (Wildman–Crippen LogP) is 5.34. The van der Waals surface area contributed by atoms with Crippen LogP contribution in [0.25, 0.3) is 0 Å². The summed E-state index contributed by atoms with van der Waals surface area (Å²) in [6.07, 6.45) is 0. The molecule has 0 atom stereocenters. The molecule has 3 rings (SSSR count). The van der Waals surface area contributed by atoms with Crippen LogP contribution in [-0.4, -0.2) is 34.3 Å². The van der Waals surface area contributed by atoms with E-state index in [-0.39, 0.29) is 30.7 Å². The summed E-state index contributed by atoms with van der Waals surface area (Å²) in [5.41, 5.74) is 1.04. The van der Waals surface area contributed by atoms with Crippen molar-refractivity contribution < 1.29 is 22.8 Å². The van der Waals surface area contributed by atoms with Crippen LogP contribution in [0.5, 0.6) is 0 Å². The fourth-order valence-electron chi connectivity index (χ4n) is 3.30. The second-order valence-electron chi connectivity index (χ2n) is 8.03. The van der Waals surface area contributed by atoms with Crippen molar-refractivity contribution in [1.29, 1.82) is 0 Å². The topological polar surface area (TPSA) is 65.8 Å². The van der Waals surface area contributed by atoms with E-state index in [2.05, 4.69) is 5.32 Å². The van der Waals surface area contributed by atoms with Crippen molar-refractivity contribution in [3.05, 3.63) is 89.4 Å². The number of rotatable bonds is 8. The van der Waals surface area contributed by atoms with Gasteiger partial charge in [0.1, 0.15) is 18.1 Å². The van der Waals surface area contributed by atoms with Crippen LogP contribution in [0.2, 0.25) is 0 Å². The van der Waals surface area contributed by atoms with E-state index in [1.54, 1.807) is 18.7 Å².